The molecule has 1 unspecified atom stereocenters. The van der Waals surface area contributed by atoms with Crippen molar-refractivity contribution in [3.05, 3.63) is 39.4 Å². The molecule has 0 spiro atoms. The predicted molar refractivity (Wildman–Crippen MR) is 82.1 cm³/mol. The summed E-state index contributed by atoms with van der Waals surface area (Å²) in [6.07, 6.45) is 0. The minimum absolute atomic E-state index is 0.0445. The summed E-state index contributed by atoms with van der Waals surface area (Å²) in [6, 6.07) is 4.68. The van der Waals surface area contributed by atoms with Gasteiger partial charge >= 0.3 is 0 Å². The van der Waals surface area contributed by atoms with Crippen LogP contribution in [0.15, 0.2) is 18.2 Å². The molecule has 0 fully saturated rings. The van der Waals surface area contributed by atoms with Crippen LogP contribution < -0.4 is 5.32 Å². The van der Waals surface area contributed by atoms with Gasteiger partial charge in [-0.2, -0.15) is 0 Å². The van der Waals surface area contributed by atoms with E-state index in [1.54, 1.807) is 17.9 Å². The van der Waals surface area contributed by atoms with Crippen molar-refractivity contribution in [3.63, 3.8) is 0 Å². The number of nitro benzene ring substituents is 1. The van der Waals surface area contributed by atoms with Crippen molar-refractivity contribution in [1.82, 2.24) is 10.2 Å². The highest BCUT2D eigenvalue weighted by atomic mass is 16.6. The van der Waals surface area contributed by atoms with Gasteiger partial charge in [-0.15, -0.1) is 0 Å². The average Bonchev–Trinajstić information content (AvgIpc) is 2.46. The zero-order chi connectivity index (χ0) is 16.0. The van der Waals surface area contributed by atoms with Gasteiger partial charge in [0.05, 0.1) is 11.0 Å². The molecule has 6 nitrogen and oxygen atoms in total. The first kappa shape index (κ1) is 17.1. The molecule has 0 aliphatic rings. The number of nitrogens with one attached hydrogen (secondary N) is 1. The molecular formula is C15H23N3O3. The zero-order valence-electron chi connectivity index (χ0n) is 13.0. The molecule has 0 aliphatic carbocycles. The Kier molecular flexibility index (Phi) is 6.30. The lowest BCUT2D eigenvalue weighted by Gasteiger charge is -2.23. The molecule has 0 bridgehead atoms. The number of rotatable bonds is 7. The van der Waals surface area contributed by atoms with Crippen LogP contribution in [0, 0.1) is 17.0 Å². The lowest BCUT2D eigenvalue weighted by molar-refractivity contribution is -0.385. The van der Waals surface area contributed by atoms with Gasteiger partial charge in [0, 0.05) is 31.3 Å². The summed E-state index contributed by atoms with van der Waals surface area (Å²) in [7, 11) is 0. The van der Waals surface area contributed by atoms with Crippen molar-refractivity contribution < 1.29 is 9.72 Å². The highest BCUT2D eigenvalue weighted by molar-refractivity contribution is 5.81. The maximum atomic E-state index is 12.1. The Balaban J connectivity index is 2.73. The summed E-state index contributed by atoms with van der Waals surface area (Å²) in [4.78, 5) is 24.4. The molecule has 1 atom stereocenters. The summed E-state index contributed by atoms with van der Waals surface area (Å²) >= 11 is 0. The molecular weight excluding hydrogens is 270 g/mol. The Morgan fingerprint density at radius 1 is 1.38 bits per heavy atom. The third-order valence-electron chi connectivity index (χ3n) is 3.66. The van der Waals surface area contributed by atoms with E-state index in [9.17, 15) is 14.9 Å². The summed E-state index contributed by atoms with van der Waals surface area (Å²) in [5.74, 6) is 0.0445. The van der Waals surface area contributed by atoms with E-state index >= 15 is 0 Å². The van der Waals surface area contributed by atoms with Gasteiger partial charge in [-0.25, -0.2) is 0 Å². The van der Waals surface area contributed by atoms with Crippen molar-refractivity contribution in [3.8, 4) is 0 Å². The maximum absolute atomic E-state index is 12.1. The first-order valence-electron chi connectivity index (χ1n) is 7.17. The third-order valence-corrected chi connectivity index (χ3v) is 3.66. The number of carbonyl (C=O) groups excluding carboxylic acids is 1. The minimum atomic E-state index is -0.386. The number of benzene rings is 1. The van der Waals surface area contributed by atoms with E-state index in [0.29, 0.717) is 25.2 Å². The molecule has 1 N–H and O–H groups in total. The molecule has 1 amide bonds. The molecule has 0 heterocycles. The zero-order valence-corrected chi connectivity index (χ0v) is 13.0. The topological polar surface area (TPSA) is 75.5 Å². The summed E-state index contributed by atoms with van der Waals surface area (Å²) in [6.45, 7) is 9.22. The van der Waals surface area contributed by atoms with Crippen LogP contribution in [0.4, 0.5) is 5.69 Å². The Morgan fingerprint density at radius 2 is 2.00 bits per heavy atom. The number of amides is 1. The lowest BCUT2D eigenvalue weighted by Crippen LogP contribution is -2.44. The molecule has 1 aromatic rings. The summed E-state index contributed by atoms with van der Waals surface area (Å²) in [5.41, 5.74) is 1.58. The molecule has 1 rings (SSSR count). The quantitative estimate of drug-likeness (QED) is 0.618. The van der Waals surface area contributed by atoms with E-state index in [1.165, 1.54) is 6.07 Å². The van der Waals surface area contributed by atoms with Gasteiger partial charge in [-0.3, -0.25) is 14.9 Å². The van der Waals surface area contributed by atoms with Gasteiger partial charge in [0.2, 0.25) is 5.91 Å². The van der Waals surface area contributed by atoms with Gasteiger partial charge in [-0.1, -0.05) is 12.1 Å². The SMILES string of the molecule is CCN(CC)C(=O)C(C)NCc1cccc([N+](=O)[O-])c1C. The highest BCUT2D eigenvalue weighted by Crippen LogP contribution is 2.20. The largest absolute Gasteiger partial charge is 0.342 e. The molecule has 0 radical (unpaired) electrons. The molecule has 116 valence electrons. The van der Waals surface area contributed by atoms with Crippen molar-refractivity contribution >= 4 is 11.6 Å². The maximum Gasteiger partial charge on any atom is 0.272 e. The smallest absolute Gasteiger partial charge is 0.272 e. The van der Waals surface area contributed by atoms with Gasteiger partial charge in [0.1, 0.15) is 0 Å². The second-order valence-corrected chi connectivity index (χ2v) is 4.93. The molecule has 1 aromatic carbocycles. The van der Waals surface area contributed by atoms with Gasteiger partial charge in [-0.05, 0) is 33.3 Å². The minimum Gasteiger partial charge on any atom is -0.342 e. The number of nitro groups is 1. The van der Waals surface area contributed by atoms with Gasteiger partial charge < -0.3 is 10.2 Å². The fraction of sp³-hybridized carbons (Fsp3) is 0.533. The van der Waals surface area contributed by atoms with E-state index in [0.717, 1.165) is 5.56 Å². The number of hydrogen-bond donors (Lipinski definition) is 1. The monoisotopic (exact) mass is 293 g/mol. The van der Waals surface area contributed by atoms with Crippen molar-refractivity contribution in [1.29, 1.82) is 0 Å². The van der Waals surface area contributed by atoms with Gasteiger partial charge in [0.15, 0.2) is 0 Å². The number of carbonyl (C=O) groups is 1. The highest BCUT2D eigenvalue weighted by Gasteiger charge is 2.19. The standard InChI is InChI=1S/C15H23N3O3/c1-5-17(6-2)15(19)12(4)16-10-13-8-7-9-14(11(13)3)18(20)21/h7-9,12,16H,5-6,10H2,1-4H3. The first-order chi connectivity index (χ1) is 9.92. The molecule has 0 saturated carbocycles. The van der Waals surface area contributed by atoms with Crippen LogP contribution in [0.25, 0.3) is 0 Å². The van der Waals surface area contributed by atoms with Gasteiger partial charge in [0.25, 0.3) is 5.69 Å². The summed E-state index contributed by atoms with van der Waals surface area (Å²) < 4.78 is 0. The van der Waals surface area contributed by atoms with E-state index in [-0.39, 0.29) is 22.6 Å². The predicted octanol–water partition coefficient (Wildman–Crippen LogP) is 2.25. The molecule has 6 heteroatoms. The second-order valence-electron chi connectivity index (χ2n) is 4.93. The van der Waals surface area contributed by atoms with Crippen LogP contribution >= 0.6 is 0 Å². The van der Waals surface area contributed by atoms with E-state index < -0.39 is 0 Å². The third kappa shape index (κ3) is 4.26. The van der Waals surface area contributed by atoms with Crippen LogP contribution in [0.5, 0.6) is 0 Å². The van der Waals surface area contributed by atoms with Crippen LogP contribution in [0.3, 0.4) is 0 Å². The number of likely N-dealkylation sites (N-methyl/N-ethyl adjacent to an activating group) is 1. The number of hydrogen-bond acceptors (Lipinski definition) is 4. The fourth-order valence-electron chi connectivity index (χ4n) is 2.22. The van der Waals surface area contributed by atoms with E-state index in [2.05, 4.69) is 5.32 Å². The van der Waals surface area contributed by atoms with Crippen LogP contribution in [-0.4, -0.2) is 34.9 Å². The first-order valence-corrected chi connectivity index (χ1v) is 7.17. The van der Waals surface area contributed by atoms with Crippen molar-refractivity contribution in [2.24, 2.45) is 0 Å². The summed E-state index contributed by atoms with van der Waals surface area (Å²) in [5, 5.41) is 14.1. The van der Waals surface area contributed by atoms with E-state index in [4.69, 9.17) is 0 Å². The molecule has 21 heavy (non-hydrogen) atoms. The van der Waals surface area contributed by atoms with Crippen LogP contribution in [-0.2, 0) is 11.3 Å². The average molecular weight is 293 g/mol. The normalized spacial score (nSPS) is 12.0. The Bertz CT molecular complexity index is 513. The second kappa shape index (κ2) is 7.73. The Morgan fingerprint density at radius 3 is 2.52 bits per heavy atom. The number of nitrogens with zero attached hydrogens (tertiary/aromatic N) is 2. The fourth-order valence-corrected chi connectivity index (χ4v) is 2.22. The van der Waals surface area contributed by atoms with Crippen LogP contribution in [0.2, 0.25) is 0 Å². The lowest BCUT2D eigenvalue weighted by atomic mass is 10.1. The van der Waals surface area contributed by atoms with Crippen molar-refractivity contribution in [2.45, 2.75) is 40.3 Å². The van der Waals surface area contributed by atoms with Crippen molar-refractivity contribution in [2.75, 3.05) is 13.1 Å². The molecule has 0 saturated heterocycles. The molecule has 0 aromatic heterocycles. The molecule has 0 aliphatic heterocycles. The van der Waals surface area contributed by atoms with E-state index in [1.807, 2.05) is 26.8 Å². The van der Waals surface area contributed by atoms with Crippen LogP contribution in [0.1, 0.15) is 31.9 Å². The Labute approximate surface area is 125 Å². The Hall–Kier alpha value is -1.95.